The molecule has 1 aliphatic heterocycles. The lowest BCUT2D eigenvalue weighted by molar-refractivity contribution is -0.116. The molecule has 26 heavy (non-hydrogen) atoms. The second-order valence-electron chi connectivity index (χ2n) is 6.29. The van der Waals surface area contributed by atoms with Crippen LogP contribution in [0.4, 0.5) is 5.00 Å². The van der Waals surface area contributed by atoms with Gasteiger partial charge in [0.1, 0.15) is 0 Å². The van der Waals surface area contributed by atoms with Crippen molar-refractivity contribution in [3.05, 3.63) is 83.4 Å². The summed E-state index contributed by atoms with van der Waals surface area (Å²) < 4.78 is 0. The molecule has 0 atom stereocenters. The predicted molar refractivity (Wildman–Crippen MR) is 110 cm³/mol. The molecule has 0 aliphatic carbocycles. The molecule has 0 saturated carbocycles. The SMILES string of the molecule is O=C(CCc1cccc2ccccc12)Nc1cc(C2=CCNC=C2)cs1. The van der Waals surface area contributed by atoms with Crippen LogP contribution in [0.3, 0.4) is 0 Å². The van der Waals surface area contributed by atoms with Crippen molar-refractivity contribution in [2.45, 2.75) is 12.8 Å². The van der Waals surface area contributed by atoms with Gasteiger partial charge in [-0.15, -0.1) is 11.3 Å². The molecular formula is C22H20N2OS. The minimum absolute atomic E-state index is 0.0566. The van der Waals surface area contributed by atoms with Crippen LogP contribution in [0.15, 0.2) is 72.3 Å². The quantitative estimate of drug-likeness (QED) is 0.674. The molecule has 1 aliphatic rings. The first-order chi connectivity index (χ1) is 12.8. The van der Waals surface area contributed by atoms with E-state index in [-0.39, 0.29) is 5.91 Å². The lowest BCUT2D eigenvalue weighted by Crippen LogP contribution is -2.11. The molecule has 0 spiro atoms. The Morgan fingerprint density at radius 1 is 1.15 bits per heavy atom. The number of hydrogen-bond donors (Lipinski definition) is 2. The van der Waals surface area contributed by atoms with Crippen LogP contribution in [0, 0.1) is 0 Å². The van der Waals surface area contributed by atoms with Gasteiger partial charge in [-0.05, 0) is 52.2 Å². The normalized spacial score (nSPS) is 13.3. The molecule has 1 aromatic heterocycles. The monoisotopic (exact) mass is 360 g/mol. The number of aryl methyl sites for hydroxylation is 1. The van der Waals surface area contributed by atoms with Crippen molar-refractivity contribution in [3.8, 4) is 0 Å². The second-order valence-corrected chi connectivity index (χ2v) is 7.20. The van der Waals surface area contributed by atoms with Gasteiger partial charge in [-0.25, -0.2) is 0 Å². The minimum Gasteiger partial charge on any atom is -0.387 e. The highest BCUT2D eigenvalue weighted by molar-refractivity contribution is 7.14. The number of allylic oxidation sites excluding steroid dienone is 2. The van der Waals surface area contributed by atoms with E-state index in [1.54, 1.807) is 11.3 Å². The Kier molecular flexibility index (Phi) is 4.84. The topological polar surface area (TPSA) is 41.1 Å². The standard InChI is InChI=1S/C22H20N2OS/c25-21(9-8-18-6-3-5-17-4-1-2-7-20(17)18)24-22-14-19(15-26-22)16-10-12-23-13-11-16/h1-7,10-12,14-15,23H,8-9,13H2,(H,24,25). The first-order valence-corrected chi connectivity index (χ1v) is 9.63. The van der Waals surface area contributed by atoms with Gasteiger partial charge in [-0.1, -0.05) is 48.5 Å². The van der Waals surface area contributed by atoms with E-state index < -0.39 is 0 Å². The number of nitrogens with one attached hydrogen (secondary N) is 2. The molecule has 1 amide bonds. The lowest BCUT2D eigenvalue weighted by Gasteiger charge is -2.07. The van der Waals surface area contributed by atoms with Gasteiger partial charge in [0.2, 0.25) is 5.91 Å². The number of benzene rings is 2. The molecule has 0 fully saturated rings. The zero-order chi connectivity index (χ0) is 17.8. The molecule has 130 valence electrons. The Hall–Kier alpha value is -2.85. The third-order valence-electron chi connectivity index (χ3n) is 4.52. The third kappa shape index (κ3) is 3.70. The van der Waals surface area contributed by atoms with E-state index in [4.69, 9.17) is 0 Å². The van der Waals surface area contributed by atoms with Crippen LogP contribution in [0.1, 0.15) is 17.5 Å². The van der Waals surface area contributed by atoms with Crippen LogP contribution >= 0.6 is 11.3 Å². The Balaban J connectivity index is 1.39. The number of carbonyl (C=O) groups excluding carboxylic acids is 1. The Bertz CT molecular complexity index is 995. The van der Waals surface area contributed by atoms with Crippen molar-refractivity contribution in [1.29, 1.82) is 0 Å². The highest BCUT2D eigenvalue weighted by Crippen LogP contribution is 2.27. The molecule has 4 heteroatoms. The summed E-state index contributed by atoms with van der Waals surface area (Å²) in [6.45, 7) is 0.842. The average molecular weight is 360 g/mol. The van der Waals surface area contributed by atoms with Gasteiger partial charge in [0.25, 0.3) is 0 Å². The largest absolute Gasteiger partial charge is 0.387 e. The summed E-state index contributed by atoms with van der Waals surface area (Å²) in [5, 5.41) is 11.6. The van der Waals surface area contributed by atoms with Gasteiger partial charge in [0.15, 0.2) is 0 Å². The summed E-state index contributed by atoms with van der Waals surface area (Å²) in [5.74, 6) is 0.0566. The first kappa shape index (κ1) is 16.6. The van der Waals surface area contributed by atoms with Gasteiger partial charge in [0.05, 0.1) is 5.00 Å². The van der Waals surface area contributed by atoms with E-state index >= 15 is 0 Å². The maximum Gasteiger partial charge on any atom is 0.225 e. The fraction of sp³-hybridized carbons (Fsp3) is 0.136. The summed E-state index contributed by atoms with van der Waals surface area (Å²) >= 11 is 1.57. The average Bonchev–Trinajstić information content (AvgIpc) is 3.15. The van der Waals surface area contributed by atoms with E-state index in [1.165, 1.54) is 21.9 Å². The number of dihydropyridines is 1. The number of carbonyl (C=O) groups is 1. The molecule has 4 rings (SSSR count). The number of thiophene rings is 1. The van der Waals surface area contributed by atoms with Crippen LogP contribution in [-0.4, -0.2) is 12.5 Å². The van der Waals surface area contributed by atoms with Crippen LogP contribution in [0.5, 0.6) is 0 Å². The number of hydrogen-bond acceptors (Lipinski definition) is 3. The van der Waals surface area contributed by atoms with E-state index in [9.17, 15) is 4.79 Å². The molecule has 2 aromatic carbocycles. The molecule has 2 heterocycles. The predicted octanol–water partition coefficient (Wildman–Crippen LogP) is 4.97. The summed E-state index contributed by atoms with van der Waals surface area (Å²) in [7, 11) is 0. The number of amides is 1. The van der Waals surface area contributed by atoms with Crippen molar-refractivity contribution in [1.82, 2.24) is 5.32 Å². The van der Waals surface area contributed by atoms with E-state index in [1.807, 2.05) is 24.4 Å². The van der Waals surface area contributed by atoms with Gasteiger partial charge in [-0.2, -0.15) is 0 Å². The van der Waals surface area contributed by atoms with Crippen molar-refractivity contribution >= 4 is 38.6 Å². The summed E-state index contributed by atoms with van der Waals surface area (Å²) in [6, 6.07) is 16.6. The van der Waals surface area contributed by atoms with Crippen molar-refractivity contribution in [2.75, 3.05) is 11.9 Å². The molecule has 0 unspecified atom stereocenters. The van der Waals surface area contributed by atoms with E-state index in [0.29, 0.717) is 6.42 Å². The molecule has 2 N–H and O–H groups in total. The summed E-state index contributed by atoms with van der Waals surface area (Å²) in [6.07, 6.45) is 7.38. The highest BCUT2D eigenvalue weighted by Gasteiger charge is 2.09. The van der Waals surface area contributed by atoms with Gasteiger partial charge < -0.3 is 10.6 Å². The fourth-order valence-corrected chi connectivity index (χ4v) is 4.01. The molecular weight excluding hydrogens is 340 g/mol. The van der Waals surface area contributed by atoms with Crippen molar-refractivity contribution in [3.63, 3.8) is 0 Å². The van der Waals surface area contributed by atoms with Gasteiger partial charge in [0, 0.05) is 18.3 Å². The zero-order valence-corrected chi connectivity index (χ0v) is 15.2. The van der Waals surface area contributed by atoms with Gasteiger partial charge >= 0.3 is 0 Å². The fourth-order valence-electron chi connectivity index (χ4n) is 3.18. The summed E-state index contributed by atoms with van der Waals surface area (Å²) in [5.41, 5.74) is 3.56. The second kappa shape index (κ2) is 7.58. The molecule has 0 bridgehead atoms. The van der Waals surface area contributed by atoms with E-state index in [2.05, 4.69) is 58.5 Å². The highest BCUT2D eigenvalue weighted by atomic mass is 32.1. The Morgan fingerprint density at radius 3 is 2.92 bits per heavy atom. The third-order valence-corrected chi connectivity index (χ3v) is 5.36. The van der Waals surface area contributed by atoms with Gasteiger partial charge in [-0.3, -0.25) is 4.79 Å². The zero-order valence-electron chi connectivity index (χ0n) is 14.4. The lowest BCUT2D eigenvalue weighted by atomic mass is 10.0. The van der Waals surface area contributed by atoms with Crippen molar-refractivity contribution < 1.29 is 4.79 Å². The Morgan fingerprint density at radius 2 is 2.04 bits per heavy atom. The number of anilines is 1. The minimum atomic E-state index is 0.0566. The van der Waals surface area contributed by atoms with Crippen LogP contribution in [0.2, 0.25) is 0 Å². The van der Waals surface area contributed by atoms with Crippen LogP contribution < -0.4 is 10.6 Å². The maximum absolute atomic E-state index is 12.4. The van der Waals surface area contributed by atoms with E-state index in [0.717, 1.165) is 23.5 Å². The van der Waals surface area contributed by atoms with Crippen LogP contribution in [0.25, 0.3) is 16.3 Å². The van der Waals surface area contributed by atoms with Crippen molar-refractivity contribution in [2.24, 2.45) is 0 Å². The van der Waals surface area contributed by atoms with Crippen LogP contribution in [-0.2, 0) is 11.2 Å². The number of rotatable bonds is 5. The molecule has 3 aromatic rings. The molecule has 0 saturated heterocycles. The molecule has 0 radical (unpaired) electrons. The molecule has 3 nitrogen and oxygen atoms in total. The Labute approximate surface area is 157 Å². The number of fused-ring (bicyclic) bond motifs is 1. The smallest absolute Gasteiger partial charge is 0.225 e. The first-order valence-electron chi connectivity index (χ1n) is 8.75. The maximum atomic E-state index is 12.4. The summed E-state index contributed by atoms with van der Waals surface area (Å²) in [4.78, 5) is 12.4.